The molecule has 4 rings (SSSR count). The largest absolute Gasteiger partial charge is 0.480 e. The van der Waals surface area contributed by atoms with Crippen molar-refractivity contribution in [1.29, 1.82) is 5.41 Å². The molecule has 0 radical (unpaired) electrons. The van der Waals surface area contributed by atoms with Crippen LogP contribution in [-0.2, 0) is 19.1 Å². The molecule has 2 aromatic heterocycles. The van der Waals surface area contributed by atoms with Crippen LogP contribution in [0.1, 0.15) is 19.1 Å². The standard InChI is InChI=1S/C20H30N10O9/c21-7(2-1-3-30(37)18(22)23)15(33)27-10(17(34)35)11-12(32)20(36)9(31)5-38-13(20)16(39-11)29-6-26-8-4-25-19(24)28-14(8)29/h4,6-7,9-13,16,31-32,36-37H,1-3,5,21H2,(H3,22,23)(H,27,33)(H,34,35)(H2,24,25,28)/t7-,9-,10?,11+,12+,13-,16+,20-/m0/s1. The Morgan fingerprint density at radius 3 is 2.74 bits per heavy atom. The molecule has 1 unspecified atom stereocenters. The zero-order chi connectivity index (χ0) is 28.6. The molecule has 19 nitrogen and oxygen atoms in total. The van der Waals surface area contributed by atoms with E-state index in [4.69, 9.17) is 32.1 Å². The molecule has 0 saturated carbocycles. The molecule has 0 spiro atoms. The van der Waals surface area contributed by atoms with E-state index in [2.05, 4.69) is 20.3 Å². The number of amides is 1. The minimum atomic E-state index is -2.42. The monoisotopic (exact) mass is 554 g/mol. The Hall–Kier alpha value is -3.72. The van der Waals surface area contributed by atoms with Gasteiger partial charge in [-0.2, -0.15) is 4.98 Å². The van der Waals surface area contributed by atoms with Gasteiger partial charge in [-0.25, -0.2) is 19.8 Å². The van der Waals surface area contributed by atoms with Gasteiger partial charge < -0.3 is 52.4 Å². The molecule has 4 heterocycles. The van der Waals surface area contributed by atoms with Crippen LogP contribution in [0, 0.1) is 5.41 Å². The number of ether oxygens (including phenoxy) is 2. The minimum Gasteiger partial charge on any atom is -0.480 e. The van der Waals surface area contributed by atoms with E-state index in [1.165, 1.54) is 17.1 Å². The third-order valence-corrected chi connectivity index (χ3v) is 6.76. The number of hydrogen-bond donors (Lipinski definition) is 10. The molecule has 2 fully saturated rings. The number of anilines is 1. The van der Waals surface area contributed by atoms with Crippen LogP contribution in [0.25, 0.3) is 11.2 Å². The lowest BCUT2D eigenvalue weighted by atomic mass is 9.79. The van der Waals surface area contributed by atoms with Gasteiger partial charge in [-0.3, -0.25) is 20.0 Å². The Bertz CT molecular complexity index is 1250. The van der Waals surface area contributed by atoms with Crippen molar-refractivity contribution in [2.45, 2.75) is 61.2 Å². The molecule has 214 valence electrons. The van der Waals surface area contributed by atoms with Gasteiger partial charge in [0, 0.05) is 6.54 Å². The van der Waals surface area contributed by atoms with Crippen LogP contribution in [0.2, 0.25) is 0 Å². The molecule has 2 saturated heterocycles. The second kappa shape index (κ2) is 10.8. The molecular formula is C20H30N10O9. The maximum Gasteiger partial charge on any atom is 0.329 e. The number of carboxylic acid groups (broad SMARTS) is 1. The number of aliphatic carboxylic acids is 1. The Morgan fingerprint density at radius 1 is 1.36 bits per heavy atom. The number of guanidine groups is 1. The summed E-state index contributed by atoms with van der Waals surface area (Å²) in [6.45, 7) is -0.518. The SMILES string of the molecule is N=C(N)N(O)CCC[C@H](N)C(=O)NC(C(=O)O)[C@H]1O[C@@H](n2cnc3cnc(N)nc32)[C@@H]2OC[C@H](O)[C@]2(O)[C@@H]1O. The second-order valence-corrected chi connectivity index (χ2v) is 9.26. The summed E-state index contributed by atoms with van der Waals surface area (Å²) in [7, 11) is 0. The van der Waals surface area contributed by atoms with Gasteiger partial charge in [0.1, 0.15) is 29.9 Å². The van der Waals surface area contributed by atoms with E-state index in [-0.39, 0.29) is 36.5 Å². The topological polar surface area (TPSA) is 315 Å². The minimum absolute atomic E-state index is 0.0278. The second-order valence-electron chi connectivity index (χ2n) is 9.26. The normalized spacial score (nSPS) is 29.9. The zero-order valence-electron chi connectivity index (χ0n) is 20.4. The van der Waals surface area contributed by atoms with Crippen molar-refractivity contribution < 1.29 is 44.7 Å². The third kappa shape index (κ3) is 5.15. The summed E-state index contributed by atoms with van der Waals surface area (Å²) < 4.78 is 12.7. The van der Waals surface area contributed by atoms with Gasteiger partial charge in [0.2, 0.25) is 17.8 Å². The van der Waals surface area contributed by atoms with Gasteiger partial charge in [0.15, 0.2) is 23.5 Å². The van der Waals surface area contributed by atoms with Crippen LogP contribution in [-0.4, -0.2) is 123 Å². The molecule has 2 aliphatic rings. The van der Waals surface area contributed by atoms with Crippen molar-refractivity contribution in [3.8, 4) is 0 Å². The highest BCUT2D eigenvalue weighted by atomic mass is 16.6. The van der Waals surface area contributed by atoms with E-state index < -0.39 is 72.8 Å². The molecule has 39 heavy (non-hydrogen) atoms. The van der Waals surface area contributed by atoms with Crippen molar-refractivity contribution >= 4 is 34.9 Å². The molecule has 19 heteroatoms. The van der Waals surface area contributed by atoms with Gasteiger partial charge >= 0.3 is 5.97 Å². The van der Waals surface area contributed by atoms with E-state index in [0.717, 1.165) is 0 Å². The Morgan fingerprint density at radius 2 is 2.08 bits per heavy atom. The van der Waals surface area contributed by atoms with Crippen LogP contribution in [0.5, 0.6) is 0 Å². The molecule has 2 aliphatic heterocycles. The lowest BCUT2D eigenvalue weighted by Gasteiger charge is -2.48. The van der Waals surface area contributed by atoms with Crippen molar-refractivity contribution in [1.82, 2.24) is 29.9 Å². The molecule has 0 bridgehead atoms. The van der Waals surface area contributed by atoms with Gasteiger partial charge in [-0.05, 0) is 12.8 Å². The molecular weight excluding hydrogens is 524 g/mol. The average molecular weight is 555 g/mol. The summed E-state index contributed by atoms with van der Waals surface area (Å²) in [5, 5.41) is 62.2. The molecule has 0 aliphatic carbocycles. The first-order chi connectivity index (χ1) is 18.4. The zero-order valence-corrected chi connectivity index (χ0v) is 20.4. The summed E-state index contributed by atoms with van der Waals surface area (Å²) >= 11 is 0. The van der Waals surface area contributed by atoms with Crippen molar-refractivity contribution in [2.75, 3.05) is 18.9 Å². The molecule has 13 N–H and O–H groups in total. The fourth-order valence-corrected chi connectivity index (χ4v) is 4.65. The van der Waals surface area contributed by atoms with Crippen LogP contribution >= 0.6 is 0 Å². The first kappa shape index (κ1) is 28.3. The fourth-order valence-electron chi connectivity index (χ4n) is 4.65. The average Bonchev–Trinajstić information content (AvgIpc) is 3.43. The number of hydrogen-bond acceptors (Lipinski definition) is 14. The summed E-state index contributed by atoms with van der Waals surface area (Å²) in [4.78, 5) is 37.1. The highest BCUT2D eigenvalue weighted by Crippen LogP contribution is 2.44. The molecule has 1 amide bonds. The number of aromatic nitrogens is 4. The van der Waals surface area contributed by atoms with E-state index in [1.54, 1.807) is 0 Å². The number of nitrogens with one attached hydrogen (secondary N) is 2. The first-order valence-electron chi connectivity index (χ1n) is 11.8. The third-order valence-electron chi connectivity index (χ3n) is 6.76. The maximum absolute atomic E-state index is 12.7. The van der Waals surface area contributed by atoms with Crippen LogP contribution < -0.4 is 22.5 Å². The summed E-state index contributed by atoms with van der Waals surface area (Å²) in [5.41, 5.74) is 14.7. The maximum atomic E-state index is 12.7. The number of imidazole rings is 1. The Labute approximate surface area is 219 Å². The summed E-state index contributed by atoms with van der Waals surface area (Å²) in [6.07, 6.45) is -5.61. The number of nitrogens with two attached hydrogens (primary N) is 3. The van der Waals surface area contributed by atoms with E-state index >= 15 is 0 Å². The molecule has 0 aromatic carbocycles. The number of nitrogen functional groups attached to an aromatic ring is 1. The quantitative estimate of drug-likeness (QED) is 0.0791. The fraction of sp³-hybridized carbons (Fsp3) is 0.600. The van der Waals surface area contributed by atoms with Crippen molar-refractivity contribution in [2.24, 2.45) is 11.5 Å². The van der Waals surface area contributed by atoms with E-state index in [0.29, 0.717) is 5.06 Å². The lowest BCUT2D eigenvalue weighted by molar-refractivity contribution is -0.286. The van der Waals surface area contributed by atoms with Crippen molar-refractivity contribution in [3.63, 3.8) is 0 Å². The number of carbonyl (C=O) groups excluding carboxylic acids is 1. The first-order valence-corrected chi connectivity index (χ1v) is 11.8. The predicted octanol–water partition coefficient (Wildman–Crippen LogP) is -4.58. The number of nitrogens with zero attached hydrogens (tertiary/aromatic N) is 5. The van der Waals surface area contributed by atoms with Crippen LogP contribution in [0.3, 0.4) is 0 Å². The summed E-state index contributed by atoms with van der Waals surface area (Å²) in [5.74, 6) is -3.29. The molecule has 8 atom stereocenters. The predicted molar refractivity (Wildman–Crippen MR) is 128 cm³/mol. The Kier molecular flexibility index (Phi) is 7.84. The van der Waals surface area contributed by atoms with Gasteiger partial charge in [-0.15, -0.1) is 0 Å². The number of rotatable bonds is 9. The molecule has 2 aromatic rings. The van der Waals surface area contributed by atoms with E-state index in [1.807, 2.05) is 0 Å². The number of aliphatic hydroxyl groups is 3. The Balaban J connectivity index is 1.60. The lowest BCUT2D eigenvalue weighted by Crippen LogP contribution is -2.71. The van der Waals surface area contributed by atoms with E-state index in [9.17, 15) is 35.2 Å². The number of fused-ring (bicyclic) bond motifs is 2. The van der Waals surface area contributed by atoms with Gasteiger partial charge in [0.05, 0.1) is 25.2 Å². The van der Waals surface area contributed by atoms with Gasteiger partial charge in [-0.1, -0.05) is 0 Å². The smallest absolute Gasteiger partial charge is 0.329 e. The van der Waals surface area contributed by atoms with Gasteiger partial charge in [0.25, 0.3) is 0 Å². The number of aliphatic hydroxyl groups excluding tert-OH is 2. The van der Waals surface area contributed by atoms with Crippen LogP contribution in [0.15, 0.2) is 12.5 Å². The number of carboxylic acids is 1. The summed E-state index contributed by atoms with van der Waals surface area (Å²) in [6, 6.07) is -3.20. The van der Waals surface area contributed by atoms with Crippen molar-refractivity contribution in [3.05, 3.63) is 12.5 Å². The number of carbonyl (C=O) groups is 2. The number of hydroxylamine groups is 2. The highest BCUT2D eigenvalue weighted by Gasteiger charge is 2.65. The van der Waals surface area contributed by atoms with Crippen LogP contribution in [0.4, 0.5) is 5.95 Å². The highest BCUT2D eigenvalue weighted by molar-refractivity contribution is 5.87.